The topological polar surface area (TPSA) is 65.1 Å². The molecule has 1 aromatic carbocycles. The van der Waals surface area contributed by atoms with Gasteiger partial charge in [0, 0.05) is 18.3 Å². The van der Waals surface area contributed by atoms with Crippen LogP contribution in [0.5, 0.6) is 0 Å². The highest BCUT2D eigenvalue weighted by molar-refractivity contribution is 9.10. The second kappa shape index (κ2) is 3.80. The van der Waals surface area contributed by atoms with Crippen LogP contribution in [0.25, 0.3) is 0 Å². The molecule has 2 aliphatic heterocycles. The van der Waals surface area contributed by atoms with Gasteiger partial charge in [0.05, 0.1) is 0 Å². The SMILES string of the molecule is CC1(C)OC(=O)C2(OC2c2ccc(Br)cc2)C(=O)O1. The largest absolute Gasteiger partial charge is 0.420 e. The van der Waals surface area contributed by atoms with E-state index in [1.54, 1.807) is 12.1 Å². The maximum absolute atomic E-state index is 12.0. The van der Waals surface area contributed by atoms with Crippen molar-refractivity contribution in [2.24, 2.45) is 0 Å². The monoisotopic (exact) mass is 326 g/mol. The first-order valence-corrected chi connectivity index (χ1v) is 6.55. The number of ether oxygens (including phenoxy) is 3. The molecule has 6 heteroatoms. The summed E-state index contributed by atoms with van der Waals surface area (Å²) in [5, 5.41) is 0. The molecule has 3 rings (SSSR count). The van der Waals surface area contributed by atoms with E-state index in [0.29, 0.717) is 0 Å². The van der Waals surface area contributed by atoms with Crippen LogP contribution in [0.2, 0.25) is 0 Å². The minimum atomic E-state index is -1.62. The molecule has 2 fully saturated rings. The molecule has 2 saturated heterocycles. The zero-order valence-corrected chi connectivity index (χ0v) is 11.9. The van der Waals surface area contributed by atoms with Gasteiger partial charge in [0.1, 0.15) is 6.10 Å². The van der Waals surface area contributed by atoms with Crippen molar-refractivity contribution < 1.29 is 23.8 Å². The van der Waals surface area contributed by atoms with E-state index in [4.69, 9.17) is 14.2 Å². The Balaban J connectivity index is 1.89. The standard InChI is InChI=1S/C13H11BrO5/c1-12(2)18-10(15)13(11(16)19-12)9(17-13)7-3-5-8(14)6-4-7/h3-6,9H,1-2H3. The number of hydrogen-bond donors (Lipinski definition) is 0. The molecule has 0 aliphatic carbocycles. The van der Waals surface area contributed by atoms with Crippen molar-refractivity contribution in [3.8, 4) is 0 Å². The Hall–Kier alpha value is -1.40. The van der Waals surface area contributed by atoms with Crippen molar-refractivity contribution in [3.05, 3.63) is 34.3 Å². The Labute approximate surface area is 118 Å². The zero-order valence-electron chi connectivity index (χ0n) is 10.3. The summed E-state index contributed by atoms with van der Waals surface area (Å²) < 4.78 is 16.4. The van der Waals surface area contributed by atoms with E-state index in [9.17, 15) is 9.59 Å². The van der Waals surface area contributed by atoms with Crippen molar-refractivity contribution >= 4 is 27.9 Å². The van der Waals surface area contributed by atoms with Gasteiger partial charge in [-0.25, -0.2) is 9.59 Å². The summed E-state index contributed by atoms with van der Waals surface area (Å²) in [4.78, 5) is 24.0. The van der Waals surface area contributed by atoms with Crippen LogP contribution in [0.1, 0.15) is 25.5 Å². The number of hydrogen-bond acceptors (Lipinski definition) is 5. The number of esters is 2. The number of benzene rings is 1. The van der Waals surface area contributed by atoms with Crippen molar-refractivity contribution in [1.82, 2.24) is 0 Å². The van der Waals surface area contributed by atoms with Crippen molar-refractivity contribution in [2.75, 3.05) is 0 Å². The summed E-state index contributed by atoms with van der Waals surface area (Å²) in [5.41, 5.74) is -0.889. The van der Waals surface area contributed by atoms with E-state index in [2.05, 4.69) is 15.9 Å². The minimum absolute atomic E-state index is 0.642. The molecular formula is C13H11BrO5. The predicted octanol–water partition coefficient (Wildman–Crippen LogP) is 2.10. The van der Waals surface area contributed by atoms with Gasteiger partial charge in [-0.1, -0.05) is 28.1 Å². The molecule has 2 heterocycles. The Morgan fingerprint density at radius 2 is 1.58 bits per heavy atom. The molecule has 1 atom stereocenters. The maximum Gasteiger partial charge on any atom is 0.356 e. The van der Waals surface area contributed by atoms with Gasteiger partial charge in [0.2, 0.25) is 0 Å². The molecule has 0 saturated carbocycles. The highest BCUT2D eigenvalue weighted by Crippen LogP contribution is 2.54. The number of carbonyl (C=O) groups is 2. The van der Waals surface area contributed by atoms with Gasteiger partial charge in [0.15, 0.2) is 0 Å². The van der Waals surface area contributed by atoms with Gasteiger partial charge in [-0.3, -0.25) is 0 Å². The lowest BCUT2D eigenvalue weighted by molar-refractivity contribution is -0.241. The van der Waals surface area contributed by atoms with Crippen LogP contribution in [-0.2, 0) is 23.8 Å². The van der Waals surface area contributed by atoms with Crippen molar-refractivity contribution in [1.29, 1.82) is 0 Å². The van der Waals surface area contributed by atoms with E-state index >= 15 is 0 Å². The van der Waals surface area contributed by atoms with Gasteiger partial charge in [-0.2, -0.15) is 0 Å². The number of carbonyl (C=O) groups excluding carboxylic acids is 2. The van der Waals surface area contributed by atoms with E-state index in [1.807, 2.05) is 12.1 Å². The Kier molecular flexibility index (Phi) is 2.53. The molecular weight excluding hydrogens is 316 g/mol. The van der Waals surface area contributed by atoms with Crippen LogP contribution in [0.15, 0.2) is 28.7 Å². The fourth-order valence-electron chi connectivity index (χ4n) is 2.10. The van der Waals surface area contributed by atoms with Crippen LogP contribution < -0.4 is 0 Å². The summed E-state index contributed by atoms with van der Waals surface area (Å²) in [5.74, 6) is -2.63. The van der Waals surface area contributed by atoms with Crippen molar-refractivity contribution in [3.63, 3.8) is 0 Å². The van der Waals surface area contributed by atoms with E-state index in [1.165, 1.54) is 13.8 Å². The van der Waals surface area contributed by atoms with Crippen molar-refractivity contribution in [2.45, 2.75) is 31.3 Å². The summed E-state index contributed by atoms with van der Waals surface area (Å²) in [6.45, 7) is 3.01. The maximum atomic E-state index is 12.0. The third kappa shape index (κ3) is 1.86. The molecule has 100 valence electrons. The predicted molar refractivity (Wildman–Crippen MR) is 67.0 cm³/mol. The van der Waals surface area contributed by atoms with Gasteiger partial charge in [-0.15, -0.1) is 0 Å². The summed E-state index contributed by atoms with van der Waals surface area (Å²) in [7, 11) is 0. The fourth-order valence-corrected chi connectivity index (χ4v) is 2.37. The first-order valence-electron chi connectivity index (χ1n) is 5.75. The van der Waals surface area contributed by atoms with Crippen LogP contribution in [-0.4, -0.2) is 23.3 Å². The normalized spacial score (nSPS) is 26.8. The number of epoxide rings is 1. The number of cyclic esters (lactones) is 2. The smallest absolute Gasteiger partial charge is 0.356 e. The van der Waals surface area contributed by atoms with E-state index < -0.39 is 29.4 Å². The van der Waals surface area contributed by atoms with Crippen LogP contribution in [0.3, 0.4) is 0 Å². The first-order chi connectivity index (χ1) is 8.85. The number of rotatable bonds is 1. The van der Waals surface area contributed by atoms with Crippen LogP contribution >= 0.6 is 15.9 Å². The van der Waals surface area contributed by atoms with Gasteiger partial charge < -0.3 is 14.2 Å². The fraction of sp³-hybridized carbons (Fsp3) is 0.385. The zero-order chi connectivity index (χ0) is 13.8. The average Bonchev–Trinajstić information content (AvgIpc) is 3.03. The average molecular weight is 327 g/mol. The third-order valence-corrected chi connectivity index (χ3v) is 3.60. The van der Waals surface area contributed by atoms with Crippen LogP contribution in [0.4, 0.5) is 0 Å². The Bertz CT molecular complexity index is 543. The molecule has 0 aromatic heterocycles. The number of halogens is 1. The molecule has 2 aliphatic rings. The molecule has 0 radical (unpaired) electrons. The second-order valence-corrected chi connectivity index (χ2v) is 5.88. The summed E-state index contributed by atoms with van der Waals surface area (Å²) >= 11 is 3.32. The first kappa shape index (κ1) is 12.6. The minimum Gasteiger partial charge on any atom is -0.420 e. The lowest BCUT2D eigenvalue weighted by Crippen LogP contribution is -2.52. The van der Waals surface area contributed by atoms with E-state index in [0.717, 1.165) is 10.0 Å². The molecule has 0 bridgehead atoms. The van der Waals surface area contributed by atoms with Gasteiger partial charge in [-0.05, 0) is 17.7 Å². The Morgan fingerprint density at radius 1 is 1.05 bits per heavy atom. The van der Waals surface area contributed by atoms with Gasteiger partial charge >= 0.3 is 11.9 Å². The summed E-state index contributed by atoms with van der Waals surface area (Å²) in [6.07, 6.45) is -0.642. The summed E-state index contributed by atoms with van der Waals surface area (Å²) in [6, 6.07) is 7.19. The molecule has 1 spiro atoms. The molecule has 1 aromatic rings. The lowest BCUT2D eigenvalue weighted by Gasteiger charge is -2.31. The highest BCUT2D eigenvalue weighted by atomic mass is 79.9. The lowest BCUT2D eigenvalue weighted by atomic mass is 9.98. The Morgan fingerprint density at radius 3 is 2.11 bits per heavy atom. The second-order valence-electron chi connectivity index (χ2n) is 4.96. The quantitative estimate of drug-likeness (QED) is 0.449. The van der Waals surface area contributed by atoms with E-state index in [-0.39, 0.29) is 0 Å². The molecule has 0 amide bonds. The molecule has 5 nitrogen and oxygen atoms in total. The molecule has 19 heavy (non-hydrogen) atoms. The molecule has 0 N–H and O–H groups in total. The van der Waals surface area contributed by atoms with Gasteiger partial charge in [0.25, 0.3) is 11.4 Å². The molecule has 1 unspecified atom stereocenters. The third-order valence-electron chi connectivity index (χ3n) is 3.07. The highest BCUT2D eigenvalue weighted by Gasteiger charge is 2.75. The van der Waals surface area contributed by atoms with Crippen LogP contribution in [0, 0.1) is 0 Å².